The molecule has 0 fully saturated rings. The summed E-state index contributed by atoms with van der Waals surface area (Å²) in [6.45, 7) is -0.887. The maximum atomic E-state index is 11.6. The Kier molecular flexibility index (Phi) is 2.78. The number of aromatic nitrogens is 1. The number of carboxylic acids is 1. The van der Waals surface area contributed by atoms with Gasteiger partial charge in [-0.25, -0.2) is 13.6 Å². The molecule has 1 heterocycles. The number of rotatable bonds is 4. The third-order valence-corrected chi connectivity index (χ3v) is 1.10. The van der Waals surface area contributed by atoms with Gasteiger partial charge in [-0.2, -0.15) is 0 Å². The van der Waals surface area contributed by atoms with Crippen LogP contribution in [-0.2, 0) is 0 Å². The van der Waals surface area contributed by atoms with E-state index in [1.807, 2.05) is 0 Å². The predicted octanol–water partition coefficient (Wildman–Crippen LogP) is 1.02. The first kappa shape index (κ1) is 9.43. The molecular formula is C6H5F2NO4. The van der Waals surface area contributed by atoms with Crippen molar-refractivity contribution in [1.29, 1.82) is 0 Å². The van der Waals surface area contributed by atoms with Crippen LogP contribution in [0.2, 0.25) is 0 Å². The van der Waals surface area contributed by atoms with Crippen molar-refractivity contribution in [2.24, 2.45) is 0 Å². The third-order valence-electron chi connectivity index (χ3n) is 1.10. The molecule has 0 bridgehead atoms. The summed E-state index contributed by atoms with van der Waals surface area (Å²) in [7, 11) is 0. The molecule has 0 spiro atoms. The van der Waals surface area contributed by atoms with Gasteiger partial charge in [0.25, 0.3) is 6.43 Å². The van der Waals surface area contributed by atoms with Gasteiger partial charge in [-0.1, -0.05) is 5.16 Å². The molecule has 0 atom stereocenters. The van der Waals surface area contributed by atoms with Crippen LogP contribution in [0.5, 0.6) is 5.75 Å². The van der Waals surface area contributed by atoms with Crippen LogP contribution in [0.1, 0.15) is 10.5 Å². The minimum absolute atomic E-state index is 0.298. The lowest BCUT2D eigenvalue weighted by molar-refractivity contribution is 0.0657. The fourth-order valence-corrected chi connectivity index (χ4v) is 0.627. The maximum Gasteiger partial charge on any atom is 0.362 e. The van der Waals surface area contributed by atoms with Gasteiger partial charge in [0, 0.05) is 0 Å². The number of aromatic carboxylic acids is 1. The fourth-order valence-electron chi connectivity index (χ4n) is 0.627. The molecule has 0 aliphatic rings. The molecule has 0 saturated carbocycles. The smallest absolute Gasteiger partial charge is 0.362 e. The Labute approximate surface area is 70.9 Å². The summed E-state index contributed by atoms with van der Waals surface area (Å²) in [6, 6.07) is 0. The first-order valence-electron chi connectivity index (χ1n) is 3.20. The third kappa shape index (κ3) is 2.39. The zero-order valence-corrected chi connectivity index (χ0v) is 6.24. The molecule has 72 valence electrons. The Hall–Kier alpha value is -1.66. The number of halogens is 2. The van der Waals surface area contributed by atoms with Gasteiger partial charge < -0.3 is 14.4 Å². The average molecular weight is 193 g/mol. The van der Waals surface area contributed by atoms with Crippen LogP contribution in [0.4, 0.5) is 8.78 Å². The highest BCUT2D eigenvalue weighted by atomic mass is 19.3. The van der Waals surface area contributed by atoms with Crippen LogP contribution in [0.25, 0.3) is 0 Å². The van der Waals surface area contributed by atoms with E-state index in [0.29, 0.717) is 0 Å². The molecule has 0 amide bonds. The molecule has 1 N–H and O–H groups in total. The summed E-state index contributed by atoms with van der Waals surface area (Å²) in [5.41, 5.74) is -0.513. The molecule has 5 nitrogen and oxygen atoms in total. The quantitative estimate of drug-likeness (QED) is 0.772. The van der Waals surface area contributed by atoms with Crippen LogP contribution >= 0.6 is 0 Å². The number of carboxylic acid groups (broad SMARTS) is 1. The van der Waals surface area contributed by atoms with Crippen LogP contribution in [-0.4, -0.2) is 29.3 Å². The van der Waals surface area contributed by atoms with Crippen molar-refractivity contribution >= 4 is 5.97 Å². The maximum absolute atomic E-state index is 11.6. The van der Waals surface area contributed by atoms with E-state index in [1.54, 1.807) is 0 Å². The second kappa shape index (κ2) is 3.83. The summed E-state index contributed by atoms with van der Waals surface area (Å²) >= 11 is 0. The van der Waals surface area contributed by atoms with Crippen LogP contribution in [0, 0.1) is 0 Å². The first-order valence-corrected chi connectivity index (χ1v) is 3.20. The standard InChI is InChI=1S/C6H5F2NO4/c7-4(8)2-12-3-1-13-9-5(3)6(10)11/h1,4H,2H2,(H,10,11). The van der Waals surface area contributed by atoms with Gasteiger partial charge in [-0.05, 0) is 0 Å². The van der Waals surface area contributed by atoms with E-state index in [4.69, 9.17) is 5.11 Å². The van der Waals surface area contributed by atoms with Gasteiger partial charge in [-0.15, -0.1) is 0 Å². The van der Waals surface area contributed by atoms with E-state index in [9.17, 15) is 13.6 Å². The Bertz CT molecular complexity index is 299. The van der Waals surface area contributed by atoms with Crippen molar-refractivity contribution in [2.45, 2.75) is 6.43 Å². The summed E-state index contributed by atoms with van der Waals surface area (Å²) in [5.74, 6) is -1.69. The second-order valence-corrected chi connectivity index (χ2v) is 2.03. The van der Waals surface area contributed by atoms with Crippen molar-refractivity contribution in [2.75, 3.05) is 6.61 Å². The number of alkyl halides is 2. The van der Waals surface area contributed by atoms with Gasteiger partial charge in [0.1, 0.15) is 6.61 Å². The van der Waals surface area contributed by atoms with Gasteiger partial charge in [-0.3, -0.25) is 0 Å². The Morgan fingerprint density at radius 1 is 1.77 bits per heavy atom. The second-order valence-electron chi connectivity index (χ2n) is 2.03. The average Bonchev–Trinajstić information content (AvgIpc) is 2.47. The van der Waals surface area contributed by atoms with Gasteiger partial charge in [0.05, 0.1) is 0 Å². The highest BCUT2D eigenvalue weighted by Crippen LogP contribution is 2.16. The lowest BCUT2D eigenvalue weighted by Crippen LogP contribution is -2.09. The van der Waals surface area contributed by atoms with Crippen molar-refractivity contribution in [1.82, 2.24) is 5.16 Å². The molecule has 1 aromatic heterocycles. The highest BCUT2D eigenvalue weighted by molar-refractivity contribution is 5.88. The molecule has 0 aromatic carbocycles. The molecule has 13 heavy (non-hydrogen) atoms. The van der Waals surface area contributed by atoms with Gasteiger partial charge in [0.15, 0.2) is 12.0 Å². The number of hydrogen-bond acceptors (Lipinski definition) is 4. The van der Waals surface area contributed by atoms with E-state index in [-0.39, 0.29) is 5.75 Å². The zero-order chi connectivity index (χ0) is 9.84. The molecule has 0 saturated heterocycles. The summed E-state index contributed by atoms with van der Waals surface area (Å²) < 4.78 is 31.9. The molecular weight excluding hydrogens is 188 g/mol. The monoisotopic (exact) mass is 193 g/mol. The largest absolute Gasteiger partial charge is 0.482 e. The Balaban J connectivity index is 2.65. The summed E-state index contributed by atoms with van der Waals surface area (Å²) in [4.78, 5) is 10.3. The summed E-state index contributed by atoms with van der Waals surface area (Å²) in [6.07, 6.45) is -1.82. The molecule has 0 unspecified atom stereocenters. The SMILES string of the molecule is O=C(O)c1nocc1OCC(F)F. The Morgan fingerprint density at radius 2 is 2.46 bits per heavy atom. The predicted molar refractivity (Wildman–Crippen MR) is 35.0 cm³/mol. The van der Waals surface area contributed by atoms with Crippen LogP contribution in [0.3, 0.4) is 0 Å². The van der Waals surface area contributed by atoms with E-state index >= 15 is 0 Å². The minimum atomic E-state index is -2.67. The van der Waals surface area contributed by atoms with Crippen molar-refractivity contribution in [3.63, 3.8) is 0 Å². The molecule has 0 aliphatic heterocycles. The highest BCUT2D eigenvalue weighted by Gasteiger charge is 2.17. The molecule has 1 rings (SSSR count). The topological polar surface area (TPSA) is 72.6 Å². The van der Waals surface area contributed by atoms with Crippen molar-refractivity contribution in [3.8, 4) is 5.75 Å². The fraction of sp³-hybridized carbons (Fsp3) is 0.333. The first-order chi connectivity index (χ1) is 6.11. The van der Waals surface area contributed by atoms with Crippen LogP contribution < -0.4 is 4.74 Å². The molecule has 0 aliphatic carbocycles. The van der Waals surface area contributed by atoms with E-state index in [1.165, 1.54) is 0 Å². The number of carbonyl (C=O) groups is 1. The van der Waals surface area contributed by atoms with Crippen molar-refractivity contribution in [3.05, 3.63) is 12.0 Å². The normalized spacial score (nSPS) is 10.4. The molecule has 7 heteroatoms. The zero-order valence-electron chi connectivity index (χ0n) is 6.24. The summed E-state index contributed by atoms with van der Waals surface area (Å²) in [5, 5.41) is 11.5. The molecule has 1 aromatic rings. The van der Waals surface area contributed by atoms with Crippen LogP contribution in [0.15, 0.2) is 10.8 Å². The lowest BCUT2D eigenvalue weighted by atomic mass is 10.4. The van der Waals surface area contributed by atoms with E-state index in [2.05, 4.69) is 14.4 Å². The van der Waals surface area contributed by atoms with E-state index in [0.717, 1.165) is 6.26 Å². The Morgan fingerprint density at radius 3 is 3.00 bits per heavy atom. The van der Waals surface area contributed by atoms with Crippen molar-refractivity contribution < 1.29 is 27.9 Å². The lowest BCUT2D eigenvalue weighted by Gasteiger charge is -2.00. The van der Waals surface area contributed by atoms with E-state index < -0.39 is 24.7 Å². The molecule has 0 radical (unpaired) electrons. The minimum Gasteiger partial charge on any atom is -0.482 e. The number of ether oxygens (including phenoxy) is 1. The number of nitrogens with zero attached hydrogens (tertiary/aromatic N) is 1. The van der Waals surface area contributed by atoms with Gasteiger partial charge in [0.2, 0.25) is 5.69 Å². The number of hydrogen-bond donors (Lipinski definition) is 1. The van der Waals surface area contributed by atoms with Gasteiger partial charge >= 0.3 is 5.97 Å².